The van der Waals surface area contributed by atoms with Gasteiger partial charge in [0.1, 0.15) is 5.82 Å². The molecule has 3 nitrogen and oxygen atoms in total. The minimum Gasteiger partial charge on any atom is -0.399 e. The van der Waals surface area contributed by atoms with Gasteiger partial charge >= 0.3 is 0 Å². The molecule has 13 heavy (non-hydrogen) atoms. The monoisotopic (exact) mass is 191 g/mol. The second-order valence-corrected chi connectivity index (χ2v) is 3.52. The molecule has 0 aliphatic carbocycles. The van der Waals surface area contributed by atoms with Crippen molar-refractivity contribution in [3.05, 3.63) is 35.8 Å². The lowest BCUT2D eigenvalue weighted by Crippen LogP contribution is -1.92. The minimum atomic E-state index is 0.717. The highest BCUT2D eigenvalue weighted by molar-refractivity contribution is 7.14. The Morgan fingerprint density at radius 2 is 2.31 bits per heavy atom. The molecule has 0 atom stereocenters. The molecule has 0 bridgehead atoms. The first-order chi connectivity index (χ1) is 6.34. The highest BCUT2D eigenvalue weighted by Gasteiger charge is 1.95. The fourth-order valence-corrected chi connectivity index (χ4v) is 1.62. The van der Waals surface area contributed by atoms with Crippen LogP contribution in [-0.4, -0.2) is 4.98 Å². The predicted molar refractivity (Wildman–Crippen MR) is 56.3 cm³/mol. The van der Waals surface area contributed by atoms with Gasteiger partial charge in [0, 0.05) is 18.0 Å². The molecule has 0 aliphatic rings. The summed E-state index contributed by atoms with van der Waals surface area (Å²) in [7, 11) is 0. The third kappa shape index (κ3) is 1.97. The van der Waals surface area contributed by atoms with E-state index in [2.05, 4.69) is 10.3 Å². The van der Waals surface area contributed by atoms with Gasteiger partial charge in [-0.25, -0.2) is 4.98 Å². The quantitative estimate of drug-likeness (QED) is 0.766. The molecule has 4 heteroatoms. The molecule has 0 fully saturated rings. The van der Waals surface area contributed by atoms with Crippen LogP contribution >= 0.6 is 11.3 Å². The minimum absolute atomic E-state index is 0.717. The summed E-state index contributed by atoms with van der Waals surface area (Å²) in [5, 5.41) is 6.23. The molecular formula is C9H9N3S. The Morgan fingerprint density at radius 1 is 1.38 bits per heavy atom. The average molecular weight is 191 g/mol. The van der Waals surface area contributed by atoms with Crippen molar-refractivity contribution in [2.45, 2.75) is 0 Å². The van der Waals surface area contributed by atoms with E-state index in [1.807, 2.05) is 17.5 Å². The highest BCUT2D eigenvalue weighted by Crippen LogP contribution is 2.20. The molecule has 0 amide bonds. The van der Waals surface area contributed by atoms with Crippen molar-refractivity contribution >= 4 is 27.8 Å². The number of hydrogen-bond acceptors (Lipinski definition) is 4. The predicted octanol–water partition coefficient (Wildman–Crippen LogP) is 2.47. The van der Waals surface area contributed by atoms with Crippen molar-refractivity contribution in [2.24, 2.45) is 0 Å². The van der Waals surface area contributed by atoms with E-state index in [9.17, 15) is 0 Å². The summed E-state index contributed by atoms with van der Waals surface area (Å²) in [6.45, 7) is 0. The van der Waals surface area contributed by atoms with Crippen LogP contribution in [0.4, 0.5) is 16.5 Å². The Kier molecular flexibility index (Phi) is 2.14. The summed E-state index contributed by atoms with van der Waals surface area (Å²) >= 11 is 1.63. The second kappa shape index (κ2) is 3.45. The van der Waals surface area contributed by atoms with Gasteiger partial charge in [0.2, 0.25) is 0 Å². The molecule has 0 aromatic carbocycles. The van der Waals surface area contributed by atoms with Crippen molar-refractivity contribution in [1.29, 1.82) is 0 Å². The molecule has 66 valence electrons. The van der Waals surface area contributed by atoms with Gasteiger partial charge in [-0.2, -0.15) is 0 Å². The van der Waals surface area contributed by atoms with Crippen molar-refractivity contribution in [1.82, 2.24) is 4.98 Å². The zero-order valence-corrected chi connectivity index (χ0v) is 7.71. The van der Waals surface area contributed by atoms with Crippen molar-refractivity contribution in [2.75, 3.05) is 11.1 Å². The molecule has 2 aromatic rings. The molecule has 0 spiro atoms. The van der Waals surface area contributed by atoms with E-state index in [1.54, 1.807) is 29.7 Å². The Labute approximate surface area is 80.2 Å². The number of hydrogen-bond donors (Lipinski definition) is 2. The summed E-state index contributed by atoms with van der Waals surface area (Å²) in [4.78, 5) is 4.13. The molecule has 3 N–H and O–H groups in total. The van der Waals surface area contributed by atoms with Gasteiger partial charge < -0.3 is 11.1 Å². The first-order valence-electron chi connectivity index (χ1n) is 3.87. The molecule has 0 saturated heterocycles. The van der Waals surface area contributed by atoms with Gasteiger partial charge in [0.05, 0.1) is 5.00 Å². The van der Waals surface area contributed by atoms with E-state index in [0.29, 0.717) is 5.69 Å². The lowest BCUT2D eigenvalue weighted by molar-refractivity contribution is 1.32. The maximum Gasteiger partial charge on any atom is 0.132 e. The average Bonchev–Trinajstić information content (AvgIpc) is 2.57. The van der Waals surface area contributed by atoms with Crippen LogP contribution in [-0.2, 0) is 0 Å². The van der Waals surface area contributed by atoms with Gasteiger partial charge in [-0.05, 0) is 23.6 Å². The van der Waals surface area contributed by atoms with Crippen molar-refractivity contribution in [3.63, 3.8) is 0 Å². The number of nitrogens with zero attached hydrogens (tertiary/aromatic N) is 1. The highest BCUT2D eigenvalue weighted by atomic mass is 32.1. The van der Waals surface area contributed by atoms with E-state index in [1.165, 1.54) is 0 Å². The third-order valence-corrected chi connectivity index (χ3v) is 2.34. The van der Waals surface area contributed by atoms with Crippen molar-refractivity contribution in [3.8, 4) is 0 Å². The molecule has 2 rings (SSSR count). The number of nitrogens with one attached hydrogen (secondary N) is 1. The molecule has 2 aromatic heterocycles. The van der Waals surface area contributed by atoms with Crippen LogP contribution in [0.5, 0.6) is 0 Å². The smallest absolute Gasteiger partial charge is 0.132 e. The van der Waals surface area contributed by atoms with Gasteiger partial charge in [-0.1, -0.05) is 0 Å². The van der Waals surface area contributed by atoms with Crippen LogP contribution in [0.2, 0.25) is 0 Å². The van der Waals surface area contributed by atoms with Crippen LogP contribution in [0.15, 0.2) is 35.8 Å². The standard InChI is InChI=1S/C9H9N3S/c10-7-3-4-11-8(6-7)12-9-2-1-5-13-9/h1-6H,(H3,10,11,12). The lowest BCUT2D eigenvalue weighted by Gasteiger charge is -2.01. The van der Waals surface area contributed by atoms with E-state index < -0.39 is 0 Å². The Bertz CT molecular complexity index is 384. The topological polar surface area (TPSA) is 50.9 Å². The first kappa shape index (κ1) is 8.07. The largest absolute Gasteiger partial charge is 0.399 e. The van der Waals surface area contributed by atoms with Crippen LogP contribution in [0, 0.1) is 0 Å². The Morgan fingerprint density at radius 3 is 3.00 bits per heavy atom. The number of aromatic nitrogens is 1. The second-order valence-electron chi connectivity index (χ2n) is 2.58. The zero-order valence-electron chi connectivity index (χ0n) is 6.90. The van der Waals surface area contributed by atoms with E-state index in [-0.39, 0.29) is 0 Å². The zero-order chi connectivity index (χ0) is 9.10. The van der Waals surface area contributed by atoms with Gasteiger partial charge in [-0.3, -0.25) is 0 Å². The number of pyridine rings is 1. The third-order valence-electron chi connectivity index (χ3n) is 1.56. The van der Waals surface area contributed by atoms with E-state index in [4.69, 9.17) is 5.73 Å². The Hall–Kier alpha value is -1.55. The van der Waals surface area contributed by atoms with Crippen LogP contribution in [0.25, 0.3) is 0 Å². The summed E-state index contributed by atoms with van der Waals surface area (Å²) in [6, 6.07) is 7.55. The van der Waals surface area contributed by atoms with Gasteiger partial charge in [0.15, 0.2) is 0 Å². The molecule has 2 heterocycles. The number of nitrogen functional groups attached to an aromatic ring is 1. The molecule has 0 unspecified atom stereocenters. The van der Waals surface area contributed by atoms with Crippen LogP contribution in [0.3, 0.4) is 0 Å². The SMILES string of the molecule is Nc1ccnc(Nc2cccs2)c1. The fourth-order valence-electron chi connectivity index (χ4n) is 0.991. The van der Waals surface area contributed by atoms with Gasteiger partial charge in [-0.15, -0.1) is 11.3 Å². The first-order valence-corrected chi connectivity index (χ1v) is 4.74. The lowest BCUT2D eigenvalue weighted by atomic mass is 10.4. The number of rotatable bonds is 2. The maximum absolute atomic E-state index is 5.61. The molecule has 0 radical (unpaired) electrons. The van der Waals surface area contributed by atoms with Crippen LogP contribution < -0.4 is 11.1 Å². The molecule has 0 saturated carbocycles. The molecular weight excluding hydrogens is 182 g/mol. The fraction of sp³-hybridized carbons (Fsp3) is 0. The molecule has 0 aliphatic heterocycles. The summed E-state index contributed by atoms with van der Waals surface area (Å²) in [5.41, 5.74) is 6.33. The normalized spacial score (nSPS) is 9.85. The number of anilines is 3. The maximum atomic E-state index is 5.61. The summed E-state index contributed by atoms with van der Waals surface area (Å²) < 4.78 is 0. The number of thiophene rings is 1. The summed E-state index contributed by atoms with van der Waals surface area (Å²) in [6.07, 6.45) is 1.69. The number of nitrogens with two attached hydrogens (primary N) is 1. The van der Waals surface area contributed by atoms with Crippen molar-refractivity contribution < 1.29 is 0 Å². The van der Waals surface area contributed by atoms with Gasteiger partial charge in [0.25, 0.3) is 0 Å². The van der Waals surface area contributed by atoms with Crippen LogP contribution in [0.1, 0.15) is 0 Å². The van der Waals surface area contributed by atoms with E-state index in [0.717, 1.165) is 10.8 Å². The summed E-state index contributed by atoms with van der Waals surface area (Å²) in [5.74, 6) is 0.780. The van der Waals surface area contributed by atoms with E-state index >= 15 is 0 Å². The Balaban J connectivity index is 2.19.